The lowest BCUT2D eigenvalue weighted by Gasteiger charge is -2.11. The normalized spacial score (nSPS) is 13.2. The second-order valence-corrected chi connectivity index (χ2v) is 6.72. The average Bonchev–Trinajstić information content (AvgIpc) is 3.20. The summed E-state index contributed by atoms with van der Waals surface area (Å²) >= 11 is 1.68. The molecule has 1 aromatic heterocycles. The minimum atomic E-state index is 0.311. The first-order valence-electron chi connectivity index (χ1n) is 8.06. The predicted octanol–water partition coefficient (Wildman–Crippen LogP) is 2.48. The topological polar surface area (TPSA) is 67.8 Å². The van der Waals surface area contributed by atoms with Crippen LogP contribution in [0.25, 0.3) is 0 Å². The van der Waals surface area contributed by atoms with E-state index in [0.717, 1.165) is 42.0 Å². The Hall–Kier alpha value is -2.28. The molecule has 0 unspecified atom stereocenters. The number of thiazole rings is 1. The molecule has 6 nitrogen and oxygen atoms in total. The van der Waals surface area contributed by atoms with E-state index in [1.807, 2.05) is 25.3 Å². The minimum Gasteiger partial charge on any atom is -0.454 e. The SMILES string of the molecule is CCNC(=NCc1cnc(C)s1)NCCc1ccc2c(c1)OCO2. The van der Waals surface area contributed by atoms with Crippen LogP contribution in [-0.2, 0) is 13.0 Å². The van der Waals surface area contributed by atoms with Gasteiger partial charge in [0.25, 0.3) is 0 Å². The summed E-state index contributed by atoms with van der Waals surface area (Å²) in [4.78, 5) is 10.0. The number of hydrogen-bond donors (Lipinski definition) is 2. The number of hydrogen-bond acceptors (Lipinski definition) is 5. The van der Waals surface area contributed by atoms with Gasteiger partial charge in [-0.1, -0.05) is 6.07 Å². The minimum absolute atomic E-state index is 0.311. The zero-order chi connectivity index (χ0) is 16.8. The van der Waals surface area contributed by atoms with E-state index < -0.39 is 0 Å². The van der Waals surface area contributed by atoms with Gasteiger partial charge in [-0.2, -0.15) is 0 Å². The Morgan fingerprint density at radius 1 is 1.29 bits per heavy atom. The first kappa shape index (κ1) is 16.6. The van der Waals surface area contributed by atoms with Crippen molar-refractivity contribution in [2.24, 2.45) is 4.99 Å². The Labute approximate surface area is 145 Å². The monoisotopic (exact) mass is 346 g/mol. The molecule has 24 heavy (non-hydrogen) atoms. The molecule has 0 saturated heterocycles. The standard InChI is InChI=1S/C17H22N4O2S/c1-3-18-17(21-10-14-9-20-12(2)24-14)19-7-6-13-4-5-15-16(8-13)23-11-22-15/h4-5,8-9H,3,6-7,10-11H2,1-2H3,(H2,18,19,21). The number of aryl methyl sites for hydroxylation is 1. The highest BCUT2D eigenvalue weighted by molar-refractivity contribution is 7.11. The summed E-state index contributed by atoms with van der Waals surface area (Å²) in [6.07, 6.45) is 2.78. The molecule has 2 heterocycles. The number of guanidine groups is 1. The van der Waals surface area contributed by atoms with E-state index in [1.54, 1.807) is 11.3 Å². The van der Waals surface area contributed by atoms with Gasteiger partial charge in [-0.05, 0) is 38.0 Å². The van der Waals surface area contributed by atoms with Gasteiger partial charge in [0.15, 0.2) is 17.5 Å². The Morgan fingerprint density at radius 2 is 2.17 bits per heavy atom. The van der Waals surface area contributed by atoms with Crippen molar-refractivity contribution >= 4 is 17.3 Å². The maximum atomic E-state index is 5.41. The van der Waals surface area contributed by atoms with Gasteiger partial charge in [0.2, 0.25) is 6.79 Å². The van der Waals surface area contributed by atoms with E-state index in [4.69, 9.17) is 9.47 Å². The molecule has 0 saturated carbocycles. The van der Waals surface area contributed by atoms with Crippen molar-refractivity contribution in [3.63, 3.8) is 0 Å². The van der Waals surface area contributed by atoms with Crippen LogP contribution in [0.2, 0.25) is 0 Å². The van der Waals surface area contributed by atoms with Gasteiger partial charge in [-0.15, -0.1) is 11.3 Å². The molecule has 1 aliphatic rings. The average molecular weight is 346 g/mol. The molecule has 0 radical (unpaired) electrons. The molecular formula is C17H22N4O2S. The molecule has 2 aromatic rings. The van der Waals surface area contributed by atoms with Crippen molar-refractivity contribution in [2.45, 2.75) is 26.8 Å². The van der Waals surface area contributed by atoms with E-state index in [-0.39, 0.29) is 0 Å². The van der Waals surface area contributed by atoms with E-state index >= 15 is 0 Å². The number of fused-ring (bicyclic) bond motifs is 1. The van der Waals surface area contributed by atoms with Gasteiger partial charge in [-0.25, -0.2) is 9.98 Å². The molecule has 1 aliphatic heterocycles. The number of benzene rings is 1. The molecular weight excluding hydrogens is 324 g/mol. The van der Waals surface area contributed by atoms with Crippen LogP contribution in [0, 0.1) is 6.92 Å². The van der Waals surface area contributed by atoms with Crippen LogP contribution in [0.15, 0.2) is 29.4 Å². The zero-order valence-corrected chi connectivity index (χ0v) is 14.8. The van der Waals surface area contributed by atoms with Gasteiger partial charge in [0.1, 0.15) is 0 Å². The smallest absolute Gasteiger partial charge is 0.231 e. The van der Waals surface area contributed by atoms with Crippen LogP contribution in [-0.4, -0.2) is 30.8 Å². The van der Waals surface area contributed by atoms with Crippen molar-refractivity contribution in [1.29, 1.82) is 0 Å². The Kier molecular flexibility index (Phi) is 5.53. The van der Waals surface area contributed by atoms with E-state index in [1.165, 1.54) is 10.4 Å². The molecule has 0 aliphatic carbocycles. The zero-order valence-electron chi connectivity index (χ0n) is 14.0. The highest BCUT2D eigenvalue weighted by Crippen LogP contribution is 2.32. The largest absolute Gasteiger partial charge is 0.454 e. The Bertz CT molecular complexity index is 714. The lowest BCUT2D eigenvalue weighted by Crippen LogP contribution is -2.38. The van der Waals surface area contributed by atoms with Gasteiger partial charge in [0, 0.05) is 24.2 Å². The summed E-state index contributed by atoms with van der Waals surface area (Å²) in [7, 11) is 0. The molecule has 7 heteroatoms. The molecule has 0 amide bonds. The third-order valence-corrected chi connectivity index (χ3v) is 4.45. The molecule has 0 atom stereocenters. The van der Waals surface area contributed by atoms with Crippen molar-refractivity contribution in [3.8, 4) is 11.5 Å². The lowest BCUT2D eigenvalue weighted by atomic mass is 10.1. The molecule has 0 bridgehead atoms. The number of aliphatic imine (C=N–C) groups is 1. The number of nitrogens with one attached hydrogen (secondary N) is 2. The van der Waals surface area contributed by atoms with Gasteiger partial charge < -0.3 is 20.1 Å². The van der Waals surface area contributed by atoms with Gasteiger partial charge in [-0.3, -0.25) is 0 Å². The van der Waals surface area contributed by atoms with Crippen LogP contribution in [0.4, 0.5) is 0 Å². The predicted molar refractivity (Wildman–Crippen MR) is 95.9 cm³/mol. The maximum Gasteiger partial charge on any atom is 0.231 e. The van der Waals surface area contributed by atoms with Crippen LogP contribution in [0.5, 0.6) is 11.5 Å². The highest BCUT2D eigenvalue weighted by atomic mass is 32.1. The van der Waals surface area contributed by atoms with E-state index in [9.17, 15) is 0 Å². The van der Waals surface area contributed by atoms with Crippen molar-refractivity contribution in [2.75, 3.05) is 19.9 Å². The Morgan fingerprint density at radius 3 is 2.96 bits per heavy atom. The quantitative estimate of drug-likeness (QED) is 0.621. The summed E-state index contributed by atoms with van der Waals surface area (Å²) in [6, 6.07) is 6.07. The fourth-order valence-electron chi connectivity index (χ4n) is 2.40. The van der Waals surface area contributed by atoms with E-state index in [0.29, 0.717) is 13.3 Å². The lowest BCUT2D eigenvalue weighted by molar-refractivity contribution is 0.174. The summed E-state index contributed by atoms with van der Waals surface area (Å²) in [5.41, 5.74) is 1.21. The second-order valence-electron chi connectivity index (χ2n) is 5.41. The highest BCUT2D eigenvalue weighted by Gasteiger charge is 2.12. The molecule has 3 rings (SSSR count). The molecule has 2 N–H and O–H groups in total. The summed E-state index contributed by atoms with van der Waals surface area (Å²) in [5, 5.41) is 7.70. The number of rotatable bonds is 6. The third kappa shape index (κ3) is 4.38. The van der Waals surface area contributed by atoms with E-state index in [2.05, 4.69) is 33.6 Å². The number of ether oxygens (including phenoxy) is 2. The summed E-state index contributed by atoms with van der Waals surface area (Å²) in [6.45, 7) is 6.65. The third-order valence-electron chi connectivity index (χ3n) is 3.55. The molecule has 0 spiro atoms. The number of nitrogens with zero attached hydrogens (tertiary/aromatic N) is 2. The summed E-state index contributed by atoms with van der Waals surface area (Å²) < 4.78 is 10.7. The molecule has 128 valence electrons. The van der Waals surface area contributed by atoms with Crippen LogP contribution in [0.1, 0.15) is 22.4 Å². The van der Waals surface area contributed by atoms with Crippen molar-refractivity contribution in [1.82, 2.24) is 15.6 Å². The first-order chi connectivity index (χ1) is 11.7. The molecule has 0 fully saturated rings. The fraction of sp³-hybridized carbons (Fsp3) is 0.412. The Balaban J connectivity index is 1.52. The maximum absolute atomic E-state index is 5.41. The fourth-order valence-corrected chi connectivity index (χ4v) is 3.12. The van der Waals surface area contributed by atoms with Gasteiger partial charge in [0.05, 0.1) is 11.6 Å². The number of aromatic nitrogens is 1. The van der Waals surface area contributed by atoms with Crippen LogP contribution in [0.3, 0.4) is 0 Å². The summed E-state index contributed by atoms with van der Waals surface area (Å²) in [5.74, 6) is 2.47. The first-order valence-corrected chi connectivity index (χ1v) is 8.88. The molecule has 1 aromatic carbocycles. The van der Waals surface area contributed by atoms with Crippen molar-refractivity contribution < 1.29 is 9.47 Å². The van der Waals surface area contributed by atoms with Crippen LogP contribution >= 0.6 is 11.3 Å². The van der Waals surface area contributed by atoms with Gasteiger partial charge >= 0.3 is 0 Å². The second kappa shape index (κ2) is 8.01. The van der Waals surface area contributed by atoms with Crippen LogP contribution < -0.4 is 20.1 Å². The van der Waals surface area contributed by atoms with Crippen molar-refractivity contribution in [3.05, 3.63) is 39.8 Å².